The third-order valence-electron chi connectivity index (χ3n) is 3.10. The minimum atomic E-state index is -0.253. The van der Waals surface area contributed by atoms with E-state index in [-0.39, 0.29) is 11.9 Å². The summed E-state index contributed by atoms with van der Waals surface area (Å²) in [5.41, 5.74) is 3.63. The predicted molar refractivity (Wildman–Crippen MR) is 76.7 cm³/mol. The fourth-order valence-electron chi connectivity index (χ4n) is 2.13. The Balaban J connectivity index is 2.05. The summed E-state index contributed by atoms with van der Waals surface area (Å²) < 4.78 is 5.09. The number of carbonyl (C=O) groups excluding carboxylic acids is 1. The maximum absolute atomic E-state index is 11.9. The molecule has 0 bridgehead atoms. The monoisotopic (exact) mass is 296 g/mol. The lowest BCUT2D eigenvalue weighted by atomic mass is 9.87. The second-order valence-corrected chi connectivity index (χ2v) is 4.89. The third-order valence-corrected chi connectivity index (χ3v) is 3.30. The Labute approximate surface area is 122 Å². The van der Waals surface area contributed by atoms with Crippen molar-refractivity contribution in [2.75, 3.05) is 12.0 Å². The zero-order valence-electron chi connectivity index (χ0n) is 11.3. The van der Waals surface area contributed by atoms with Gasteiger partial charge >= 0.3 is 5.97 Å². The van der Waals surface area contributed by atoms with E-state index in [9.17, 15) is 4.79 Å². The molecule has 7 heteroatoms. The van der Waals surface area contributed by atoms with Gasteiger partial charge in [-0.15, -0.1) is 10.2 Å². The molecule has 0 aliphatic heterocycles. The Morgan fingerprint density at radius 3 is 3.05 bits per heavy atom. The van der Waals surface area contributed by atoms with E-state index >= 15 is 0 Å². The standard InChI is InChI=1S/C13H17ClN4O2/c1-2-20-13(19)9-5-3-4-6-10(9)15-17-12-8-7-11(14)16-18-12/h7-9H,2-6H2,1H3,(H,17,18)/b15-10+. The Kier molecular flexibility index (Phi) is 5.29. The molecule has 0 amide bonds. The van der Waals surface area contributed by atoms with Crippen LogP contribution in [-0.4, -0.2) is 28.5 Å². The highest BCUT2D eigenvalue weighted by molar-refractivity contribution is 6.29. The highest BCUT2D eigenvalue weighted by atomic mass is 35.5. The number of nitrogens with zero attached hydrogens (tertiary/aromatic N) is 3. The second kappa shape index (κ2) is 7.19. The lowest BCUT2D eigenvalue weighted by Gasteiger charge is -2.22. The van der Waals surface area contributed by atoms with Gasteiger partial charge in [-0.3, -0.25) is 10.2 Å². The van der Waals surface area contributed by atoms with Gasteiger partial charge in [-0.25, -0.2) is 0 Å². The molecule has 1 atom stereocenters. The molecule has 1 aliphatic rings. The Bertz CT molecular complexity index is 490. The van der Waals surface area contributed by atoms with Gasteiger partial charge in [0.15, 0.2) is 11.0 Å². The summed E-state index contributed by atoms with van der Waals surface area (Å²) in [5, 5.41) is 12.2. The highest BCUT2D eigenvalue weighted by Crippen LogP contribution is 2.23. The van der Waals surface area contributed by atoms with Crippen LogP contribution in [0.3, 0.4) is 0 Å². The largest absolute Gasteiger partial charge is 0.465 e. The number of carbonyl (C=O) groups is 1. The van der Waals surface area contributed by atoms with Crippen LogP contribution in [-0.2, 0) is 9.53 Å². The average molecular weight is 297 g/mol. The predicted octanol–water partition coefficient (Wildman–Crippen LogP) is 2.65. The van der Waals surface area contributed by atoms with Gasteiger partial charge in [-0.1, -0.05) is 18.0 Å². The number of anilines is 1. The van der Waals surface area contributed by atoms with E-state index in [1.54, 1.807) is 19.1 Å². The van der Waals surface area contributed by atoms with Crippen molar-refractivity contribution in [2.24, 2.45) is 11.0 Å². The molecule has 1 aromatic rings. The van der Waals surface area contributed by atoms with E-state index in [0.717, 1.165) is 31.4 Å². The van der Waals surface area contributed by atoms with Gasteiger partial charge < -0.3 is 4.74 Å². The third kappa shape index (κ3) is 3.90. The maximum atomic E-state index is 11.9. The van der Waals surface area contributed by atoms with Gasteiger partial charge in [0.05, 0.1) is 18.2 Å². The summed E-state index contributed by atoms with van der Waals surface area (Å²) in [6, 6.07) is 3.31. The molecule has 1 N–H and O–H groups in total. The first-order chi connectivity index (χ1) is 9.70. The van der Waals surface area contributed by atoms with Gasteiger partial charge in [0, 0.05) is 0 Å². The molecule has 2 rings (SSSR count). The summed E-state index contributed by atoms with van der Waals surface area (Å²) in [7, 11) is 0. The molecule has 108 valence electrons. The Morgan fingerprint density at radius 2 is 2.35 bits per heavy atom. The molecule has 6 nitrogen and oxygen atoms in total. The lowest BCUT2D eigenvalue weighted by Crippen LogP contribution is -2.29. The molecule has 0 aromatic carbocycles. The molecule has 1 saturated carbocycles. The fraction of sp³-hybridized carbons (Fsp3) is 0.538. The van der Waals surface area contributed by atoms with Crippen molar-refractivity contribution in [3.05, 3.63) is 17.3 Å². The topological polar surface area (TPSA) is 76.5 Å². The van der Waals surface area contributed by atoms with E-state index in [1.165, 1.54) is 0 Å². The second-order valence-electron chi connectivity index (χ2n) is 4.51. The quantitative estimate of drug-likeness (QED) is 0.683. The van der Waals surface area contributed by atoms with Crippen LogP contribution in [0.25, 0.3) is 0 Å². The van der Waals surface area contributed by atoms with Crippen LogP contribution in [0.15, 0.2) is 17.2 Å². The number of rotatable bonds is 4. The van der Waals surface area contributed by atoms with Crippen LogP contribution in [0.2, 0.25) is 5.15 Å². The van der Waals surface area contributed by atoms with Crippen LogP contribution >= 0.6 is 11.6 Å². The van der Waals surface area contributed by atoms with Crippen molar-refractivity contribution in [3.8, 4) is 0 Å². The number of hydrazone groups is 1. The zero-order chi connectivity index (χ0) is 14.4. The zero-order valence-corrected chi connectivity index (χ0v) is 12.1. The minimum absolute atomic E-state index is 0.199. The SMILES string of the molecule is CCOC(=O)C1CCCC/C1=N\Nc1ccc(Cl)nn1. The molecule has 1 aliphatic carbocycles. The van der Waals surface area contributed by atoms with Crippen molar-refractivity contribution in [1.82, 2.24) is 10.2 Å². The van der Waals surface area contributed by atoms with Crippen LogP contribution in [0.4, 0.5) is 5.82 Å². The van der Waals surface area contributed by atoms with Crippen LogP contribution in [0.5, 0.6) is 0 Å². The molecule has 1 fully saturated rings. The molecule has 0 radical (unpaired) electrons. The number of ether oxygens (including phenoxy) is 1. The summed E-state index contributed by atoms with van der Waals surface area (Å²) in [6.07, 6.45) is 3.62. The first-order valence-corrected chi connectivity index (χ1v) is 7.07. The fourth-order valence-corrected chi connectivity index (χ4v) is 2.23. The molecule has 1 heterocycles. The van der Waals surface area contributed by atoms with Gasteiger partial charge in [-0.05, 0) is 38.3 Å². The van der Waals surface area contributed by atoms with E-state index in [1.807, 2.05) is 0 Å². The minimum Gasteiger partial charge on any atom is -0.465 e. The highest BCUT2D eigenvalue weighted by Gasteiger charge is 2.28. The van der Waals surface area contributed by atoms with E-state index < -0.39 is 0 Å². The maximum Gasteiger partial charge on any atom is 0.314 e. The van der Waals surface area contributed by atoms with Crippen molar-refractivity contribution in [2.45, 2.75) is 32.6 Å². The first kappa shape index (κ1) is 14.7. The average Bonchev–Trinajstić information content (AvgIpc) is 2.47. The summed E-state index contributed by atoms with van der Waals surface area (Å²) >= 11 is 5.66. The Morgan fingerprint density at radius 1 is 1.50 bits per heavy atom. The van der Waals surface area contributed by atoms with E-state index in [0.29, 0.717) is 17.6 Å². The van der Waals surface area contributed by atoms with E-state index in [2.05, 4.69) is 20.7 Å². The molecular weight excluding hydrogens is 280 g/mol. The van der Waals surface area contributed by atoms with Gasteiger partial charge in [0.1, 0.15) is 0 Å². The van der Waals surface area contributed by atoms with Crippen LogP contribution in [0, 0.1) is 5.92 Å². The Hall–Kier alpha value is -1.69. The van der Waals surface area contributed by atoms with Crippen LogP contribution < -0.4 is 5.43 Å². The van der Waals surface area contributed by atoms with Crippen LogP contribution in [0.1, 0.15) is 32.6 Å². The number of halogens is 1. The van der Waals surface area contributed by atoms with E-state index in [4.69, 9.17) is 16.3 Å². The molecule has 1 aromatic heterocycles. The normalized spacial score (nSPS) is 20.7. The lowest BCUT2D eigenvalue weighted by molar-refractivity contribution is -0.146. The first-order valence-electron chi connectivity index (χ1n) is 6.69. The number of nitrogens with one attached hydrogen (secondary N) is 1. The number of hydrogen-bond acceptors (Lipinski definition) is 6. The summed E-state index contributed by atoms with van der Waals surface area (Å²) in [4.78, 5) is 11.9. The molecule has 0 saturated heterocycles. The van der Waals surface area contributed by atoms with Crippen molar-refractivity contribution in [3.63, 3.8) is 0 Å². The smallest absolute Gasteiger partial charge is 0.314 e. The number of aromatic nitrogens is 2. The van der Waals surface area contributed by atoms with Gasteiger partial charge in [-0.2, -0.15) is 5.10 Å². The molecule has 1 unspecified atom stereocenters. The van der Waals surface area contributed by atoms with Gasteiger partial charge in [0.2, 0.25) is 0 Å². The molecular formula is C13H17ClN4O2. The number of esters is 1. The van der Waals surface area contributed by atoms with Crippen molar-refractivity contribution < 1.29 is 9.53 Å². The summed E-state index contributed by atoms with van der Waals surface area (Å²) in [6.45, 7) is 2.19. The van der Waals surface area contributed by atoms with Crippen molar-refractivity contribution in [1.29, 1.82) is 0 Å². The number of hydrogen-bond donors (Lipinski definition) is 1. The summed E-state index contributed by atoms with van der Waals surface area (Å²) in [5.74, 6) is 0.0430. The molecule has 0 spiro atoms. The molecule has 20 heavy (non-hydrogen) atoms. The van der Waals surface area contributed by atoms with Crippen molar-refractivity contribution >= 4 is 29.1 Å². The van der Waals surface area contributed by atoms with Gasteiger partial charge in [0.25, 0.3) is 0 Å².